The SMILES string of the molecule is CC1[C@@H](C)C[C@@H](C(N)=O)N1C(=O)[C@@H](N)C1CC2CCC(C1)N2C(=O)c1ccc2c(c1)OCO2. The Bertz CT molecular complexity index is 970. The molecule has 9 nitrogen and oxygen atoms in total. The van der Waals surface area contributed by atoms with Crippen molar-refractivity contribution in [2.45, 2.75) is 76.2 Å². The first-order valence-corrected chi connectivity index (χ1v) is 11.9. The lowest BCUT2D eigenvalue weighted by molar-refractivity contribution is -0.141. The van der Waals surface area contributed by atoms with Crippen molar-refractivity contribution in [1.29, 1.82) is 0 Å². The fourth-order valence-electron chi connectivity index (χ4n) is 6.22. The third-order valence-corrected chi connectivity index (χ3v) is 8.19. The van der Waals surface area contributed by atoms with Crippen LogP contribution in [0.4, 0.5) is 0 Å². The summed E-state index contributed by atoms with van der Waals surface area (Å²) in [5.74, 6) is 0.705. The van der Waals surface area contributed by atoms with Crippen LogP contribution in [0.3, 0.4) is 0 Å². The number of hydrogen-bond donors (Lipinski definition) is 2. The van der Waals surface area contributed by atoms with Gasteiger partial charge in [0.1, 0.15) is 6.04 Å². The molecule has 0 spiro atoms. The molecular formula is C24H32N4O5. The first kappa shape index (κ1) is 22.0. The number of fused-ring (bicyclic) bond motifs is 3. The molecule has 2 bridgehead atoms. The number of ether oxygens (including phenoxy) is 2. The first-order chi connectivity index (χ1) is 15.8. The fraction of sp³-hybridized carbons (Fsp3) is 0.625. The van der Waals surface area contributed by atoms with Gasteiger partial charge in [0, 0.05) is 23.7 Å². The van der Waals surface area contributed by atoms with E-state index in [1.54, 1.807) is 23.1 Å². The van der Waals surface area contributed by atoms with E-state index >= 15 is 0 Å². The molecule has 0 aliphatic carbocycles. The lowest BCUT2D eigenvalue weighted by Crippen LogP contribution is -2.57. The van der Waals surface area contributed by atoms with Gasteiger partial charge in [0.05, 0.1) is 6.04 Å². The minimum atomic E-state index is -0.703. The Labute approximate surface area is 193 Å². The van der Waals surface area contributed by atoms with E-state index in [0.29, 0.717) is 36.3 Å². The van der Waals surface area contributed by atoms with Gasteiger partial charge in [-0.25, -0.2) is 0 Å². The van der Waals surface area contributed by atoms with E-state index < -0.39 is 18.0 Å². The Kier molecular flexibility index (Phi) is 5.47. The number of nitrogens with zero attached hydrogens (tertiary/aromatic N) is 2. The molecule has 3 saturated heterocycles. The second-order valence-corrected chi connectivity index (χ2v) is 10.0. The van der Waals surface area contributed by atoms with E-state index in [2.05, 4.69) is 0 Å². The maximum absolute atomic E-state index is 13.4. The van der Waals surface area contributed by atoms with Gasteiger partial charge >= 0.3 is 0 Å². The van der Waals surface area contributed by atoms with Crippen LogP contribution in [-0.4, -0.2) is 64.5 Å². The quantitative estimate of drug-likeness (QED) is 0.701. The number of hydrogen-bond acceptors (Lipinski definition) is 6. The summed E-state index contributed by atoms with van der Waals surface area (Å²) in [6.45, 7) is 4.15. The summed E-state index contributed by atoms with van der Waals surface area (Å²) in [6, 6.07) is 4.00. The number of primary amides is 1. The molecule has 4 N–H and O–H groups in total. The molecule has 0 radical (unpaired) electrons. The van der Waals surface area contributed by atoms with Crippen LogP contribution in [0.2, 0.25) is 0 Å². The summed E-state index contributed by atoms with van der Waals surface area (Å²) >= 11 is 0. The average Bonchev–Trinajstić information content (AvgIpc) is 3.46. The first-order valence-electron chi connectivity index (χ1n) is 11.9. The van der Waals surface area contributed by atoms with Crippen LogP contribution in [0.1, 0.15) is 56.3 Å². The summed E-state index contributed by atoms with van der Waals surface area (Å²) in [5.41, 5.74) is 12.7. The molecule has 178 valence electrons. The largest absolute Gasteiger partial charge is 0.454 e. The molecule has 6 atom stereocenters. The van der Waals surface area contributed by atoms with Crippen molar-refractivity contribution < 1.29 is 23.9 Å². The van der Waals surface area contributed by atoms with Gasteiger partial charge in [-0.3, -0.25) is 14.4 Å². The van der Waals surface area contributed by atoms with Gasteiger partial charge in [-0.15, -0.1) is 0 Å². The average molecular weight is 457 g/mol. The normalized spacial score (nSPS) is 33.3. The van der Waals surface area contributed by atoms with Crippen molar-refractivity contribution in [2.75, 3.05) is 6.79 Å². The van der Waals surface area contributed by atoms with E-state index in [1.165, 1.54) is 0 Å². The monoisotopic (exact) mass is 456 g/mol. The van der Waals surface area contributed by atoms with Crippen molar-refractivity contribution in [3.05, 3.63) is 23.8 Å². The van der Waals surface area contributed by atoms with E-state index in [4.69, 9.17) is 20.9 Å². The molecular weight excluding hydrogens is 424 g/mol. The van der Waals surface area contributed by atoms with E-state index in [1.807, 2.05) is 18.7 Å². The summed E-state index contributed by atoms with van der Waals surface area (Å²) in [7, 11) is 0. The highest BCUT2D eigenvalue weighted by atomic mass is 16.7. The van der Waals surface area contributed by atoms with Crippen LogP contribution in [0, 0.1) is 11.8 Å². The molecule has 1 aromatic carbocycles. The summed E-state index contributed by atoms with van der Waals surface area (Å²) < 4.78 is 10.8. The Morgan fingerprint density at radius 3 is 2.33 bits per heavy atom. The van der Waals surface area contributed by atoms with Crippen LogP contribution in [0.5, 0.6) is 11.5 Å². The molecule has 3 amide bonds. The van der Waals surface area contributed by atoms with Crippen LogP contribution in [0.15, 0.2) is 18.2 Å². The zero-order valence-electron chi connectivity index (χ0n) is 19.1. The number of nitrogens with two attached hydrogens (primary N) is 2. The predicted molar refractivity (Wildman–Crippen MR) is 119 cm³/mol. The standard InChI is InChI=1S/C24H32N4O5/c1-12-7-18(22(26)29)27(13(12)2)24(31)21(25)15-8-16-4-5-17(9-15)28(16)23(30)14-3-6-19-20(10-14)33-11-32-19/h3,6,10,12-13,15-18,21H,4-5,7-9,11,25H2,1-2H3,(H2,26,29)/t12-,13?,15?,16?,17?,18-,21-/m0/s1. The number of likely N-dealkylation sites (tertiary alicyclic amines) is 1. The maximum atomic E-state index is 13.4. The van der Waals surface area contributed by atoms with Gasteiger partial charge in [-0.2, -0.15) is 0 Å². The number of piperidine rings is 1. The van der Waals surface area contributed by atoms with Crippen LogP contribution >= 0.6 is 0 Å². The van der Waals surface area contributed by atoms with Crippen molar-refractivity contribution in [3.8, 4) is 11.5 Å². The highest BCUT2D eigenvalue weighted by molar-refractivity contribution is 5.96. The van der Waals surface area contributed by atoms with Gasteiger partial charge in [-0.05, 0) is 69.1 Å². The highest BCUT2D eigenvalue weighted by Crippen LogP contribution is 2.42. The highest BCUT2D eigenvalue weighted by Gasteiger charge is 2.49. The lowest BCUT2D eigenvalue weighted by atomic mass is 9.84. The fourth-order valence-corrected chi connectivity index (χ4v) is 6.22. The molecule has 9 heteroatoms. The minimum absolute atomic E-state index is 0.0186. The van der Waals surface area contributed by atoms with Crippen LogP contribution < -0.4 is 20.9 Å². The molecule has 4 aliphatic rings. The van der Waals surface area contributed by atoms with Crippen LogP contribution in [0.25, 0.3) is 0 Å². The Morgan fingerprint density at radius 1 is 1.00 bits per heavy atom. The smallest absolute Gasteiger partial charge is 0.254 e. The molecule has 0 saturated carbocycles. The predicted octanol–water partition coefficient (Wildman–Crippen LogP) is 1.24. The number of carbonyl (C=O) groups is 3. The molecule has 0 aromatic heterocycles. The molecule has 5 rings (SSSR count). The minimum Gasteiger partial charge on any atom is -0.454 e. The number of amides is 3. The number of rotatable bonds is 4. The van der Waals surface area contributed by atoms with Crippen molar-refractivity contribution in [2.24, 2.45) is 23.3 Å². The lowest BCUT2D eigenvalue weighted by Gasteiger charge is -2.42. The van der Waals surface area contributed by atoms with Gasteiger partial charge in [0.25, 0.3) is 5.91 Å². The summed E-state index contributed by atoms with van der Waals surface area (Å²) in [5, 5.41) is 0. The van der Waals surface area contributed by atoms with Crippen molar-refractivity contribution in [1.82, 2.24) is 9.80 Å². The zero-order valence-corrected chi connectivity index (χ0v) is 19.1. The van der Waals surface area contributed by atoms with Crippen LogP contribution in [-0.2, 0) is 9.59 Å². The van der Waals surface area contributed by atoms with Crippen molar-refractivity contribution in [3.63, 3.8) is 0 Å². The molecule has 4 aliphatic heterocycles. The molecule has 4 heterocycles. The van der Waals surface area contributed by atoms with Gasteiger partial charge < -0.3 is 30.7 Å². The summed E-state index contributed by atoms with van der Waals surface area (Å²) in [4.78, 5) is 42.3. The Hall–Kier alpha value is -2.81. The Morgan fingerprint density at radius 2 is 1.67 bits per heavy atom. The molecule has 3 unspecified atom stereocenters. The summed E-state index contributed by atoms with van der Waals surface area (Å²) in [6.07, 6.45) is 3.74. The van der Waals surface area contributed by atoms with Gasteiger partial charge in [-0.1, -0.05) is 6.92 Å². The topological polar surface area (TPSA) is 128 Å². The Balaban J connectivity index is 1.29. The van der Waals surface area contributed by atoms with Gasteiger partial charge in [0.15, 0.2) is 11.5 Å². The number of carbonyl (C=O) groups excluding carboxylic acids is 3. The van der Waals surface area contributed by atoms with Crippen molar-refractivity contribution >= 4 is 17.7 Å². The van der Waals surface area contributed by atoms with Gasteiger partial charge in [0.2, 0.25) is 18.6 Å². The van der Waals surface area contributed by atoms with E-state index in [-0.39, 0.29) is 48.6 Å². The third-order valence-electron chi connectivity index (χ3n) is 8.19. The second kappa shape index (κ2) is 8.20. The molecule has 3 fully saturated rings. The third kappa shape index (κ3) is 3.62. The number of benzene rings is 1. The van der Waals surface area contributed by atoms with E-state index in [0.717, 1.165) is 12.8 Å². The zero-order chi connectivity index (χ0) is 23.4. The second-order valence-electron chi connectivity index (χ2n) is 10.0. The molecule has 33 heavy (non-hydrogen) atoms. The van der Waals surface area contributed by atoms with E-state index in [9.17, 15) is 14.4 Å². The molecule has 1 aromatic rings. The maximum Gasteiger partial charge on any atom is 0.254 e.